The molecule has 0 radical (unpaired) electrons. The van der Waals surface area contributed by atoms with Crippen LogP contribution in [-0.4, -0.2) is 194 Å². The fourth-order valence-corrected chi connectivity index (χ4v) is 13.0. The van der Waals surface area contributed by atoms with Gasteiger partial charge in [0.25, 0.3) is 23.3 Å². The smallest absolute Gasteiger partial charge is 0.377 e. The fourth-order valence-electron chi connectivity index (χ4n) is 11.0. The number of esters is 2. The number of H-pyrrole nitrogens is 1. The molecule has 3 aromatic carbocycles. The van der Waals surface area contributed by atoms with Gasteiger partial charge in [0.05, 0.1) is 39.2 Å². The third-order valence-corrected chi connectivity index (χ3v) is 17.9. The summed E-state index contributed by atoms with van der Waals surface area (Å²) in [4.78, 5) is 171. The number of aromatic nitrogens is 12. The van der Waals surface area contributed by atoms with Crippen LogP contribution in [0.5, 0.6) is 0 Å². The fraction of sp³-hybridized carbons (Fsp3) is 0.333. The van der Waals surface area contributed by atoms with Gasteiger partial charge in [-0.2, -0.15) is 37.8 Å². The largest absolute Gasteiger partial charge is 0.606 e. The van der Waals surface area contributed by atoms with Crippen molar-refractivity contribution >= 4 is 85.9 Å². The van der Waals surface area contributed by atoms with Gasteiger partial charge in [0, 0.05) is 22.9 Å². The van der Waals surface area contributed by atoms with Gasteiger partial charge >= 0.3 is 34.0 Å². The molecule has 0 spiro atoms. The van der Waals surface area contributed by atoms with Crippen molar-refractivity contribution in [2.24, 2.45) is 7.05 Å². The highest BCUT2D eigenvalue weighted by atomic mass is 31.2. The number of phosphoric acid groups is 2. The number of aliphatic hydroxyl groups excluding tert-OH is 4. The molecule has 101 heavy (non-hydrogen) atoms. The van der Waals surface area contributed by atoms with Crippen LogP contribution < -0.4 is 41.6 Å². The van der Waals surface area contributed by atoms with E-state index >= 15 is 0 Å². The van der Waals surface area contributed by atoms with Crippen LogP contribution in [0.2, 0.25) is 0 Å². The normalized spacial score (nSPS) is 23.9. The maximum absolute atomic E-state index is 14.3. The van der Waals surface area contributed by atoms with E-state index in [4.69, 9.17) is 41.8 Å². The lowest BCUT2D eigenvalue weighted by molar-refractivity contribution is -0.671. The second-order valence-electron chi connectivity index (χ2n) is 22.8. The Morgan fingerprint density at radius 2 is 1.18 bits per heavy atom. The number of hydrogen-bond donors (Lipinski definition) is 10. The first-order valence-corrected chi connectivity index (χ1v) is 33.6. The number of imidazole rings is 3. The summed E-state index contributed by atoms with van der Waals surface area (Å²) < 4.78 is 57.0. The molecule has 530 valence electrons. The lowest BCUT2D eigenvalue weighted by Gasteiger charge is -2.29. The highest BCUT2D eigenvalue weighted by Gasteiger charge is 2.56. The van der Waals surface area contributed by atoms with Crippen LogP contribution in [0.3, 0.4) is 0 Å². The van der Waals surface area contributed by atoms with E-state index < -0.39 is 164 Å². The molecule has 3 saturated heterocycles. The van der Waals surface area contributed by atoms with E-state index in [-0.39, 0.29) is 63.2 Å². The number of carbonyl (C=O) groups is 5. The van der Waals surface area contributed by atoms with Gasteiger partial charge in [-0.25, -0.2) is 33.9 Å². The summed E-state index contributed by atoms with van der Waals surface area (Å²) in [7, 11) is -9.49. The molecule has 9 aromatic rings. The number of aliphatic hydroxyl groups is 4. The van der Waals surface area contributed by atoms with E-state index in [9.17, 15) is 73.6 Å². The van der Waals surface area contributed by atoms with Gasteiger partial charge in [0.15, 0.2) is 65.1 Å². The van der Waals surface area contributed by atoms with Crippen molar-refractivity contribution in [2.45, 2.75) is 93.0 Å². The summed E-state index contributed by atoms with van der Waals surface area (Å²) in [6.07, 6.45) is -14.3. The summed E-state index contributed by atoms with van der Waals surface area (Å²) in [5, 5.41) is 53.6. The average Bonchev–Trinajstić information content (AvgIpc) is 1.61. The molecule has 2 unspecified atom stereocenters. The Balaban J connectivity index is 0.764. The Labute approximate surface area is 568 Å². The Morgan fingerprint density at radius 3 is 1.78 bits per heavy atom. The Kier molecular flexibility index (Phi) is 21.6. The number of nitrogens with one attached hydrogen (secondary N) is 4. The van der Waals surface area contributed by atoms with E-state index in [0.717, 1.165) is 38.9 Å². The van der Waals surface area contributed by atoms with Crippen LogP contribution in [0, 0.1) is 0 Å². The first kappa shape index (κ1) is 71.1. The van der Waals surface area contributed by atoms with Gasteiger partial charge in [-0.05, 0) is 42.5 Å². The average molecular weight is 1440 g/mol. The van der Waals surface area contributed by atoms with Gasteiger partial charge < -0.3 is 64.5 Å². The number of carbonyl (C=O) groups excluding carboxylic acids is 5. The predicted octanol–water partition coefficient (Wildman–Crippen LogP) is -1.83. The molecule has 39 nitrogen and oxygen atoms in total. The van der Waals surface area contributed by atoms with Gasteiger partial charge in [-0.15, -0.1) is 0 Å². The number of ether oxygens (including phenoxy) is 5. The molecule has 6 aromatic heterocycles. The standard InChI is InChI=1S/C60H61N15O24P2/c1-71-21-22-72(31-71)23-24-91-39(77)17-18-40(78)97-48-43(79)36(95-58(48)73-20-19-38(66-60(73)86)65-52(82)32-11-5-2-6-12-32)26-92-100(87,88)99-47-37(96-56(45(47)81)74-29-63-41-49(61-28-62-50(41)74)67-53(83)33-13-7-3-8-14-33)27-93-101(89,90)98-46-35(25-76)94-57(44(46)80)75-30-64-42-51(75)68-59(70-55(42)85)69-54(84)34-15-9-4-10-16-34/h2-16,19-22,28-31,35-37,43-48,56-58,76,79-81H,17-18,23-27H2,1H3,(H5-,61,62,65,66,67,68,69,70,82,83,84,85,86,87,88,89,90)/p+1/t35-,36-,37-,43-,44-,45-,46-,47-,48-,56-,57-,58-/m1/s1. The monoisotopic (exact) mass is 1440 g/mol. The molecule has 3 amide bonds. The highest BCUT2D eigenvalue weighted by molar-refractivity contribution is 7.53. The number of anilines is 3. The van der Waals surface area contributed by atoms with Crippen molar-refractivity contribution in [2.75, 3.05) is 42.4 Å². The number of amides is 3. The number of aryl methyl sites for hydroxylation is 1. The second-order valence-corrected chi connectivity index (χ2v) is 25.6. The molecule has 12 rings (SSSR count). The Morgan fingerprint density at radius 1 is 0.624 bits per heavy atom. The summed E-state index contributed by atoms with van der Waals surface area (Å²) in [5.74, 6) is -4.47. The summed E-state index contributed by atoms with van der Waals surface area (Å²) in [6, 6.07) is 25.0. The minimum Gasteiger partial charge on any atom is -0.606 e. The number of fused-ring (bicyclic) bond motifs is 2. The van der Waals surface area contributed by atoms with Crippen LogP contribution in [0.1, 0.15) is 62.6 Å². The zero-order chi connectivity index (χ0) is 71.3. The summed E-state index contributed by atoms with van der Waals surface area (Å²) >= 11 is 0. The molecule has 14 atom stereocenters. The van der Waals surface area contributed by atoms with Crippen LogP contribution in [0.4, 0.5) is 17.6 Å². The van der Waals surface area contributed by atoms with Crippen molar-refractivity contribution < 1.29 is 110 Å². The summed E-state index contributed by atoms with van der Waals surface area (Å²) in [5.41, 5.74) is -2.04. The van der Waals surface area contributed by atoms with Crippen LogP contribution in [-0.2, 0) is 65.0 Å². The lowest BCUT2D eigenvalue weighted by Crippen LogP contribution is -2.41. The number of hydrogen-bond acceptors (Lipinski definition) is 30. The van der Waals surface area contributed by atoms with Gasteiger partial charge in [0.2, 0.25) is 12.3 Å². The van der Waals surface area contributed by atoms with Crippen molar-refractivity contribution in [3.05, 3.63) is 178 Å². The first-order chi connectivity index (χ1) is 48.5. The molecule has 3 aliphatic heterocycles. The van der Waals surface area contributed by atoms with Crippen molar-refractivity contribution in [3.63, 3.8) is 0 Å². The van der Waals surface area contributed by atoms with Crippen LogP contribution >= 0.6 is 16.3 Å². The lowest BCUT2D eigenvalue weighted by atomic mass is 10.1. The van der Waals surface area contributed by atoms with Gasteiger partial charge in [-0.3, -0.25) is 52.8 Å². The molecule has 3 fully saturated rings. The van der Waals surface area contributed by atoms with Crippen molar-refractivity contribution in [1.82, 2.24) is 53.2 Å². The first-order valence-electron chi connectivity index (χ1n) is 30.6. The molecule has 41 heteroatoms. The maximum atomic E-state index is 14.3. The number of phosphoric ester groups is 2. The molecule has 3 aliphatic rings. The van der Waals surface area contributed by atoms with Gasteiger partial charge in [-0.1, -0.05) is 54.6 Å². The Bertz CT molecular complexity index is 4590. The van der Waals surface area contributed by atoms with Crippen LogP contribution in [0.15, 0.2) is 151 Å². The molecule has 0 bridgehead atoms. The van der Waals surface area contributed by atoms with E-state index in [1.165, 1.54) is 42.5 Å². The SMILES string of the molecule is C[n+]1ccn(CCOC(=O)CCC(=O)O[C@@H]2[C@H](O)[C@@H](CO[P+]([O-])(O)O[C@H]3[C@@H](O)[C@H](n4cnc5c(NC(=O)c6ccccc6)ncnc54)O[C@@H]3CO[P+]([O-])(O)O[C@H]3[C@@H](O)[C@H](n4cnc5c(=O)[nH]c(NC(=O)c6ccccc6)nc54)O[C@@H]3CO)O[C@H]2n2ccc(NC(=O)c3ccccc3)nc2=O)c1. The third kappa shape index (κ3) is 16.4. The topological polar surface area (TPSA) is 523 Å². The minimum atomic E-state index is -5.69. The number of rotatable bonds is 27. The quantitative estimate of drug-likeness (QED) is 0.0154. The summed E-state index contributed by atoms with van der Waals surface area (Å²) in [6.45, 7) is -3.06. The van der Waals surface area contributed by atoms with E-state index in [2.05, 4.69) is 50.8 Å². The highest BCUT2D eigenvalue weighted by Crippen LogP contribution is 2.55. The number of nitrogens with zero attached hydrogens (tertiary/aromatic N) is 11. The molecule has 10 N–H and O–H groups in total. The molecule has 0 saturated carbocycles. The number of benzene rings is 3. The molecule has 9 heterocycles. The number of aromatic amines is 1. The molecule has 0 aliphatic carbocycles. The minimum absolute atomic E-state index is 0.0494. The molecular formula is C60H62N15O24P2+. The molecular weight excluding hydrogens is 1380 g/mol. The van der Waals surface area contributed by atoms with Gasteiger partial charge in [0.1, 0.15) is 87.5 Å². The van der Waals surface area contributed by atoms with E-state index in [1.807, 2.05) is 0 Å². The zero-order valence-corrected chi connectivity index (χ0v) is 54.3. The van der Waals surface area contributed by atoms with Crippen LogP contribution in [0.25, 0.3) is 22.3 Å². The predicted molar refractivity (Wildman–Crippen MR) is 338 cm³/mol. The van der Waals surface area contributed by atoms with E-state index in [0.29, 0.717) is 6.54 Å². The van der Waals surface area contributed by atoms with E-state index in [1.54, 1.807) is 89.5 Å². The van der Waals surface area contributed by atoms with Crippen molar-refractivity contribution in [1.29, 1.82) is 0 Å². The zero-order valence-electron chi connectivity index (χ0n) is 52.5. The second kappa shape index (κ2) is 30.6. The maximum Gasteiger partial charge on any atom is 0.377 e. The third-order valence-electron chi connectivity index (χ3n) is 15.9. The Hall–Kier alpha value is -9.74. The van der Waals surface area contributed by atoms with Crippen molar-refractivity contribution in [3.8, 4) is 0 Å².